The predicted octanol–water partition coefficient (Wildman–Crippen LogP) is 5.32. The van der Waals surface area contributed by atoms with Crippen LogP contribution in [0, 0.1) is 23.2 Å². The van der Waals surface area contributed by atoms with Crippen LogP contribution in [0.1, 0.15) is 72.3 Å². The molecule has 1 aromatic rings. The number of ether oxygens (including phenoxy) is 1. The lowest BCUT2D eigenvalue weighted by Gasteiger charge is -2.41. The topological polar surface area (TPSA) is 55.4 Å². The molecule has 4 heteroatoms. The molecule has 2 aliphatic rings. The van der Waals surface area contributed by atoms with Crippen LogP contribution in [0.2, 0.25) is 0 Å². The molecule has 3 rings (SSSR count). The van der Waals surface area contributed by atoms with Gasteiger partial charge < -0.3 is 10.1 Å². The van der Waals surface area contributed by atoms with Crippen LogP contribution in [0.5, 0.6) is 0 Å². The van der Waals surface area contributed by atoms with Crippen molar-refractivity contribution in [1.82, 2.24) is 0 Å². The number of hydrogen-bond acceptors (Lipinski definition) is 3. The number of esters is 1. The van der Waals surface area contributed by atoms with Crippen LogP contribution in [0.4, 0.5) is 5.69 Å². The van der Waals surface area contributed by atoms with E-state index in [4.69, 9.17) is 4.74 Å². The molecule has 4 nitrogen and oxygen atoms in total. The lowest BCUT2D eigenvalue weighted by molar-refractivity contribution is -0.148. The summed E-state index contributed by atoms with van der Waals surface area (Å²) >= 11 is 0. The fourth-order valence-corrected chi connectivity index (χ4v) is 4.73. The molecular formula is C24H35NO3. The number of benzene rings is 1. The molecule has 0 aromatic heterocycles. The average molecular weight is 386 g/mol. The normalized spacial score (nSPS) is 20.6. The third-order valence-electron chi connectivity index (χ3n) is 7.11. The van der Waals surface area contributed by atoms with Gasteiger partial charge in [-0.2, -0.15) is 0 Å². The smallest absolute Gasteiger partial charge is 0.315 e. The van der Waals surface area contributed by atoms with Crippen molar-refractivity contribution in [3.8, 4) is 0 Å². The van der Waals surface area contributed by atoms with Crippen LogP contribution in [0.25, 0.3) is 0 Å². The van der Waals surface area contributed by atoms with Gasteiger partial charge in [-0.15, -0.1) is 0 Å². The molecule has 2 fully saturated rings. The van der Waals surface area contributed by atoms with Gasteiger partial charge >= 0.3 is 5.97 Å². The molecule has 0 saturated heterocycles. The molecule has 0 radical (unpaired) electrons. The van der Waals surface area contributed by atoms with E-state index in [0.717, 1.165) is 11.3 Å². The van der Waals surface area contributed by atoms with Crippen LogP contribution < -0.4 is 5.32 Å². The summed E-state index contributed by atoms with van der Waals surface area (Å²) in [6, 6.07) is 7.59. The van der Waals surface area contributed by atoms with Gasteiger partial charge in [0.25, 0.3) is 0 Å². The lowest BCUT2D eigenvalue weighted by Crippen LogP contribution is -2.38. The Morgan fingerprint density at radius 2 is 1.82 bits per heavy atom. The van der Waals surface area contributed by atoms with E-state index in [2.05, 4.69) is 19.2 Å². The van der Waals surface area contributed by atoms with E-state index in [9.17, 15) is 9.59 Å². The van der Waals surface area contributed by atoms with Crippen LogP contribution >= 0.6 is 0 Å². The third-order valence-corrected chi connectivity index (χ3v) is 7.11. The zero-order valence-electron chi connectivity index (χ0n) is 18.0. The Morgan fingerprint density at radius 1 is 1.21 bits per heavy atom. The SMILES string of the molecule is CCOC(=O)C(C)(C)c1ccc(NC(=O)[C@@H](C)C(C2CCC2)C2(C)CC2)cc1. The summed E-state index contributed by atoms with van der Waals surface area (Å²) in [7, 11) is 0. The zero-order chi connectivity index (χ0) is 20.5. The average Bonchev–Trinajstić information content (AvgIpc) is 3.36. The summed E-state index contributed by atoms with van der Waals surface area (Å²) in [5.74, 6) is 1.10. The van der Waals surface area contributed by atoms with E-state index in [1.165, 1.54) is 32.1 Å². The molecule has 28 heavy (non-hydrogen) atoms. The van der Waals surface area contributed by atoms with Gasteiger partial charge in [0.15, 0.2) is 0 Å². The van der Waals surface area contributed by atoms with Crippen molar-refractivity contribution in [1.29, 1.82) is 0 Å². The number of hydrogen-bond donors (Lipinski definition) is 1. The van der Waals surface area contributed by atoms with Gasteiger partial charge in [0.2, 0.25) is 5.91 Å². The number of nitrogens with one attached hydrogen (secondary N) is 1. The van der Waals surface area contributed by atoms with Crippen molar-refractivity contribution < 1.29 is 14.3 Å². The first-order chi connectivity index (χ1) is 13.2. The van der Waals surface area contributed by atoms with Crippen molar-refractivity contribution in [2.75, 3.05) is 11.9 Å². The summed E-state index contributed by atoms with van der Waals surface area (Å²) in [6.45, 7) is 10.4. The highest BCUT2D eigenvalue weighted by atomic mass is 16.5. The van der Waals surface area contributed by atoms with Gasteiger partial charge in [-0.25, -0.2) is 0 Å². The Kier molecular flexibility index (Phi) is 5.88. The quantitative estimate of drug-likeness (QED) is 0.616. The second-order valence-electron chi connectivity index (χ2n) is 9.57. The first-order valence-electron chi connectivity index (χ1n) is 10.8. The molecule has 0 spiro atoms. The Balaban J connectivity index is 1.66. The van der Waals surface area contributed by atoms with Gasteiger partial charge in [0.1, 0.15) is 0 Å². The molecule has 1 aromatic carbocycles. The van der Waals surface area contributed by atoms with Gasteiger partial charge in [-0.1, -0.05) is 45.2 Å². The minimum Gasteiger partial charge on any atom is -0.465 e. The maximum Gasteiger partial charge on any atom is 0.315 e. The van der Waals surface area contributed by atoms with Crippen molar-refractivity contribution in [2.24, 2.45) is 23.2 Å². The Hall–Kier alpha value is -1.84. The second kappa shape index (κ2) is 7.88. The minimum absolute atomic E-state index is 0.0217. The standard InChI is InChI=1S/C24H35NO3/c1-6-28-22(27)23(3,4)18-10-12-19(13-11-18)25-21(26)16(2)20(17-8-7-9-17)24(5)14-15-24/h10-13,16-17,20H,6-9,14-15H2,1-5H3,(H,25,26)/t16-,20?/m0/s1. The van der Waals surface area contributed by atoms with Gasteiger partial charge in [-0.05, 0) is 68.6 Å². The first-order valence-corrected chi connectivity index (χ1v) is 10.8. The number of carbonyl (C=O) groups is 2. The highest BCUT2D eigenvalue weighted by Gasteiger charge is 2.52. The number of rotatable bonds is 8. The molecule has 2 aliphatic carbocycles. The van der Waals surface area contributed by atoms with Crippen LogP contribution in [0.3, 0.4) is 0 Å². The monoisotopic (exact) mass is 385 g/mol. The van der Waals surface area contributed by atoms with E-state index in [0.29, 0.717) is 23.9 Å². The second-order valence-corrected chi connectivity index (χ2v) is 9.57. The molecule has 2 atom stereocenters. The maximum absolute atomic E-state index is 13.0. The molecule has 0 bridgehead atoms. The number of anilines is 1. The lowest BCUT2D eigenvalue weighted by atomic mass is 9.64. The van der Waals surface area contributed by atoms with Gasteiger partial charge in [0.05, 0.1) is 12.0 Å². The molecule has 154 valence electrons. The molecule has 1 N–H and O–H groups in total. The van der Waals surface area contributed by atoms with Crippen molar-refractivity contribution >= 4 is 17.6 Å². The van der Waals surface area contributed by atoms with Crippen LogP contribution in [-0.2, 0) is 19.7 Å². The Labute approximate surface area is 169 Å². The Morgan fingerprint density at radius 3 is 2.29 bits per heavy atom. The third kappa shape index (κ3) is 4.11. The zero-order valence-corrected chi connectivity index (χ0v) is 18.0. The van der Waals surface area contributed by atoms with Crippen LogP contribution in [0.15, 0.2) is 24.3 Å². The van der Waals surface area contributed by atoms with Gasteiger partial charge in [-0.3, -0.25) is 9.59 Å². The molecule has 0 aliphatic heterocycles. The number of carbonyl (C=O) groups excluding carboxylic acids is 2. The maximum atomic E-state index is 13.0. The highest BCUT2D eigenvalue weighted by molar-refractivity contribution is 5.92. The predicted molar refractivity (Wildman–Crippen MR) is 112 cm³/mol. The molecule has 0 heterocycles. The van der Waals surface area contributed by atoms with Crippen molar-refractivity contribution in [3.05, 3.63) is 29.8 Å². The van der Waals surface area contributed by atoms with Crippen molar-refractivity contribution in [2.45, 2.75) is 72.1 Å². The fraction of sp³-hybridized carbons (Fsp3) is 0.667. The van der Waals surface area contributed by atoms with Gasteiger partial charge in [0, 0.05) is 11.6 Å². The molecule has 1 unspecified atom stereocenters. The summed E-state index contributed by atoms with van der Waals surface area (Å²) in [6.07, 6.45) is 6.36. The van der Waals surface area contributed by atoms with Crippen molar-refractivity contribution in [3.63, 3.8) is 0 Å². The summed E-state index contributed by atoms with van der Waals surface area (Å²) in [5.41, 5.74) is 1.32. The Bertz CT molecular complexity index is 714. The van der Waals surface area contributed by atoms with E-state index >= 15 is 0 Å². The molecular weight excluding hydrogens is 350 g/mol. The summed E-state index contributed by atoms with van der Waals surface area (Å²) in [4.78, 5) is 25.2. The van der Waals surface area contributed by atoms with E-state index in [1.807, 2.05) is 45.0 Å². The summed E-state index contributed by atoms with van der Waals surface area (Å²) < 4.78 is 5.18. The summed E-state index contributed by atoms with van der Waals surface area (Å²) in [5, 5.41) is 3.10. The van der Waals surface area contributed by atoms with Crippen LogP contribution in [-0.4, -0.2) is 18.5 Å². The van der Waals surface area contributed by atoms with E-state index < -0.39 is 5.41 Å². The van der Waals surface area contributed by atoms with E-state index in [1.54, 1.807) is 0 Å². The molecule has 1 amide bonds. The van der Waals surface area contributed by atoms with E-state index in [-0.39, 0.29) is 17.8 Å². The first kappa shape index (κ1) is 20.9. The fourth-order valence-electron chi connectivity index (χ4n) is 4.73. The highest BCUT2D eigenvalue weighted by Crippen LogP contribution is 2.59. The molecule has 2 saturated carbocycles. The number of amides is 1. The largest absolute Gasteiger partial charge is 0.465 e. The minimum atomic E-state index is -0.707.